The van der Waals surface area contributed by atoms with Gasteiger partial charge in [0, 0.05) is 24.1 Å². The Morgan fingerprint density at radius 1 is 1.28 bits per heavy atom. The monoisotopic (exact) mass is 394 g/mol. The second-order valence-electron chi connectivity index (χ2n) is 6.99. The molecular weight excluding hydrogens is 368 g/mol. The summed E-state index contributed by atoms with van der Waals surface area (Å²) in [5, 5.41) is 5.51. The lowest BCUT2D eigenvalue weighted by molar-refractivity contribution is -0.123. The molecule has 0 spiro atoms. The molecule has 2 amide bonds. The summed E-state index contributed by atoms with van der Waals surface area (Å²) in [4.78, 5) is 24.7. The van der Waals surface area contributed by atoms with Gasteiger partial charge in [-0.3, -0.25) is 9.59 Å². The zero-order valence-electron chi connectivity index (χ0n) is 16.9. The Balaban J connectivity index is 1.64. The van der Waals surface area contributed by atoms with Crippen molar-refractivity contribution >= 4 is 23.6 Å². The van der Waals surface area contributed by atoms with Gasteiger partial charge in [-0.15, -0.1) is 0 Å². The maximum Gasteiger partial charge on any atom is 0.246 e. The summed E-state index contributed by atoms with van der Waals surface area (Å²) in [6.07, 6.45) is 4.02. The molecule has 3 rings (SSSR count). The Bertz CT molecular complexity index is 909. The number of ether oxygens (including phenoxy) is 2. The number of hydrogen-bond donors (Lipinski definition) is 2. The second kappa shape index (κ2) is 9.28. The van der Waals surface area contributed by atoms with E-state index >= 15 is 0 Å². The van der Waals surface area contributed by atoms with Crippen LogP contribution in [0.25, 0.3) is 6.08 Å². The summed E-state index contributed by atoms with van der Waals surface area (Å²) in [7, 11) is 0. The highest BCUT2D eigenvalue weighted by Gasteiger charge is 2.23. The predicted molar refractivity (Wildman–Crippen MR) is 113 cm³/mol. The first-order valence-electron chi connectivity index (χ1n) is 9.77. The Kier molecular flexibility index (Phi) is 6.54. The van der Waals surface area contributed by atoms with Crippen LogP contribution in [0.4, 0.5) is 5.69 Å². The quantitative estimate of drug-likeness (QED) is 0.704. The smallest absolute Gasteiger partial charge is 0.246 e. The number of nitrogens with one attached hydrogen (secondary N) is 2. The molecule has 1 aliphatic rings. The average molecular weight is 394 g/mol. The van der Waals surface area contributed by atoms with Crippen molar-refractivity contribution in [3.63, 3.8) is 0 Å². The highest BCUT2D eigenvalue weighted by atomic mass is 16.5. The molecule has 0 fully saturated rings. The van der Waals surface area contributed by atoms with Crippen LogP contribution in [0.15, 0.2) is 48.5 Å². The number of amides is 2. The summed E-state index contributed by atoms with van der Waals surface area (Å²) >= 11 is 0. The highest BCUT2D eigenvalue weighted by molar-refractivity contribution is 6.00. The van der Waals surface area contributed by atoms with Crippen LogP contribution in [-0.4, -0.2) is 30.6 Å². The molecule has 0 radical (unpaired) electrons. The summed E-state index contributed by atoms with van der Waals surface area (Å²) in [6, 6.07) is 12.5. The zero-order chi connectivity index (χ0) is 20.8. The average Bonchev–Trinajstić information content (AvgIpc) is 3.06. The van der Waals surface area contributed by atoms with E-state index in [0.29, 0.717) is 18.0 Å². The molecule has 2 unspecified atom stereocenters. The minimum absolute atomic E-state index is 0.0973. The molecule has 6 nitrogen and oxygen atoms in total. The van der Waals surface area contributed by atoms with Crippen LogP contribution in [-0.2, 0) is 16.0 Å². The molecule has 0 saturated carbocycles. The normalized spacial score (nSPS) is 16.0. The van der Waals surface area contributed by atoms with E-state index < -0.39 is 6.04 Å². The summed E-state index contributed by atoms with van der Waals surface area (Å²) in [6.45, 7) is 6.00. The van der Waals surface area contributed by atoms with E-state index in [1.165, 1.54) is 6.08 Å². The summed E-state index contributed by atoms with van der Waals surface area (Å²) in [5.74, 6) is 0.671. The van der Waals surface area contributed by atoms with Crippen LogP contribution in [0.1, 0.15) is 31.9 Å². The topological polar surface area (TPSA) is 76.7 Å². The standard InChI is InChI=1S/C23H26N2O4/c1-4-28-21-13-18-12-15(2)29-20(18)14-19(21)25-23(27)16(3)24-22(26)11-10-17-8-6-5-7-9-17/h5-11,13-16H,4,12H2,1-3H3,(H,24,26)(H,25,27)/b11-10+. The van der Waals surface area contributed by atoms with Gasteiger partial charge in [0.15, 0.2) is 0 Å². The fraction of sp³-hybridized carbons (Fsp3) is 0.304. The number of carbonyl (C=O) groups excluding carboxylic acids is 2. The third-order valence-electron chi connectivity index (χ3n) is 4.53. The van der Waals surface area contributed by atoms with Gasteiger partial charge in [-0.2, -0.15) is 0 Å². The molecule has 2 N–H and O–H groups in total. The third-order valence-corrected chi connectivity index (χ3v) is 4.53. The molecule has 1 aliphatic heterocycles. The van der Waals surface area contributed by atoms with Crippen LogP contribution < -0.4 is 20.1 Å². The fourth-order valence-corrected chi connectivity index (χ4v) is 3.12. The minimum atomic E-state index is -0.717. The first-order valence-corrected chi connectivity index (χ1v) is 9.77. The van der Waals surface area contributed by atoms with Crippen LogP contribution in [0.2, 0.25) is 0 Å². The van der Waals surface area contributed by atoms with E-state index in [1.807, 2.05) is 50.2 Å². The molecule has 152 valence electrons. The number of carbonyl (C=O) groups is 2. The van der Waals surface area contributed by atoms with Crippen molar-refractivity contribution in [2.45, 2.75) is 39.3 Å². The van der Waals surface area contributed by atoms with E-state index in [9.17, 15) is 9.59 Å². The van der Waals surface area contributed by atoms with Crippen molar-refractivity contribution in [1.29, 1.82) is 0 Å². The van der Waals surface area contributed by atoms with Gasteiger partial charge in [-0.25, -0.2) is 0 Å². The van der Waals surface area contributed by atoms with E-state index in [0.717, 1.165) is 23.3 Å². The molecule has 2 aromatic rings. The zero-order valence-corrected chi connectivity index (χ0v) is 16.9. The highest BCUT2D eigenvalue weighted by Crippen LogP contribution is 2.38. The summed E-state index contributed by atoms with van der Waals surface area (Å²) in [5.41, 5.74) is 2.51. The van der Waals surface area contributed by atoms with E-state index in [2.05, 4.69) is 10.6 Å². The van der Waals surface area contributed by atoms with Gasteiger partial charge >= 0.3 is 0 Å². The fourth-order valence-electron chi connectivity index (χ4n) is 3.12. The molecule has 0 bridgehead atoms. The predicted octanol–water partition coefficient (Wildman–Crippen LogP) is 3.57. The van der Waals surface area contributed by atoms with Crippen LogP contribution in [0.3, 0.4) is 0 Å². The maximum absolute atomic E-state index is 12.6. The Morgan fingerprint density at radius 3 is 2.76 bits per heavy atom. The number of benzene rings is 2. The van der Waals surface area contributed by atoms with Gasteiger partial charge in [-0.1, -0.05) is 30.3 Å². The lowest BCUT2D eigenvalue weighted by Gasteiger charge is -2.16. The first kappa shape index (κ1) is 20.5. The molecular formula is C23H26N2O4. The molecule has 0 aliphatic carbocycles. The third kappa shape index (κ3) is 5.38. The van der Waals surface area contributed by atoms with Gasteiger partial charge in [0.25, 0.3) is 0 Å². The van der Waals surface area contributed by atoms with Gasteiger partial charge in [-0.05, 0) is 38.5 Å². The SMILES string of the molecule is CCOc1cc2c(cc1NC(=O)C(C)NC(=O)/C=C/c1ccccc1)OC(C)C2. The van der Waals surface area contributed by atoms with Crippen molar-refractivity contribution in [1.82, 2.24) is 5.32 Å². The van der Waals surface area contributed by atoms with Crippen LogP contribution in [0.5, 0.6) is 11.5 Å². The van der Waals surface area contributed by atoms with E-state index in [-0.39, 0.29) is 17.9 Å². The maximum atomic E-state index is 12.6. The van der Waals surface area contributed by atoms with E-state index in [1.54, 1.807) is 19.1 Å². The van der Waals surface area contributed by atoms with Crippen molar-refractivity contribution < 1.29 is 19.1 Å². The van der Waals surface area contributed by atoms with Crippen LogP contribution >= 0.6 is 0 Å². The lowest BCUT2D eigenvalue weighted by atomic mass is 10.1. The number of rotatable bonds is 7. The second-order valence-corrected chi connectivity index (χ2v) is 6.99. The minimum Gasteiger partial charge on any atom is -0.492 e. The Labute approximate surface area is 170 Å². The van der Waals surface area contributed by atoms with Gasteiger partial charge in [0.2, 0.25) is 11.8 Å². The first-order chi connectivity index (χ1) is 14.0. The number of anilines is 1. The molecule has 2 atom stereocenters. The van der Waals surface area contributed by atoms with Gasteiger partial charge < -0.3 is 20.1 Å². The molecule has 6 heteroatoms. The molecule has 0 saturated heterocycles. The Morgan fingerprint density at radius 2 is 2.03 bits per heavy atom. The molecule has 0 aromatic heterocycles. The molecule has 29 heavy (non-hydrogen) atoms. The lowest BCUT2D eigenvalue weighted by Crippen LogP contribution is -2.40. The van der Waals surface area contributed by atoms with E-state index in [4.69, 9.17) is 9.47 Å². The largest absolute Gasteiger partial charge is 0.492 e. The number of hydrogen-bond acceptors (Lipinski definition) is 4. The molecule has 1 heterocycles. The van der Waals surface area contributed by atoms with Gasteiger partial charge in [0.05, 0.1) is 12.3 Å². The van der Waals surface area contributed by atoms with Crippen molar-refractivity contribution in [3.8, 4) is 11.5 Å². The van der Waals surface area contributed by atoms with Crippen molar-refractivity contribution in [3.05, 3.63) is 59.7 Å². The van der Waals surface area contributed by atoms with Crippen molar-refractivity contribution in [2.24, 2.45) is 0 Å². The number of fused-ring (bicyclic) bond motifs is 1. The van der Waals surface area contributed by atoms with Crippen molar-refractivity contribution in [2.75, 3.05) is 11.9 Å². The van der Waals surface area contributed by atoms with Gasteiger partial charge in [0.1, 0.15) is 23.6 Å². The Hall–Kier alpha value is -3.28. The van der Waals surface area contributed by atoms with Crippen LogP contribution in [0, 0.1) is 0 Å². The summed E-state index contributed by atoms with van der Waals surface area (Å²) < 4.78 is 11.5. The molecule has 2 aromatic carbocycles.